The highest BCUT2D eigenvalue weighted by atomic mass is 19.1. The molecule has 1 aromatic heterocycles. The number of carbonyl (C=O) groups is 1. The van der Waals surface area contributed by atoms with Gasteiger partial charge in [0.15, 0.2) is 0 Å². The van der Waals surface area contributed by atoms with Gasteiger partial charge in [0.05, 0.1) is 0 Å². The van der Waals surface area contributed by atoms with Crippen molar-refractivity contribution >= 4 is 11.6 Å². The van der Waals surface area contributed by atoms with Gasteiger partial charge in [-0.05, 0) is 48.5 Å². The van der Waals surface area contributed by atoms with Crippen molar-refractivity contribution in [3.05, 3.63) is 84.1 Å². The van der Waals surface area contributed by atoms with Crippen molar-refractivity contribution in [2.45, 2.75) is 0 Å². The summed E-state index contributed by atoms with van der Waals surface area (Å²) >= 11 is 0. The largest absolute Gasteiger partial charge is 0.438 e. The number of carbonyl (C=O) groups excluding carboxylic acids is 1. The SMILES string of the molecule is O=C(Nc1ccc(F)cc1)c1cccnc1Oc1cccc(F)c1. The molecule has 3 aromatic rings. The predicted octanol–water partition coefficient (Wildman–Crippen LogP) is 4.40. The minimum absolute atomic E-state index is 0.0442. The average molecular weight is 326 g/mol. The molecule has 1 heterocycles. The van der Waals surface area contributed by atoms with Gasteiger partial charge in [-0.25, -0.2) is 13.8 Å². The molecule has 0 atom stereocenters. The summed E-state index contributed by atoms with van der Waals surface area (Å²) in [7, 11) is 0. The molecule has 1 amide bonds. The third kappa shape index (κ3) is 3.73. The molecular weight excluding hydrogens is 314 g/mol. The molecule has 0 radical (unpaired) electrons. The van der Waals surface area contributed by atoms with Crippen LogP contribution in [0.1, 0.15) is 10.4 Å². The second-order valence-corrected chi connectivity index (χ2v) is 4.88. The highest BCUT2D eigenvalue weighted by molar-refractivity contribution is 6.05. The van der Waals surface area contributed by atoms with Gasteiger partial charge in [-0.2, -0.15) is 0 Å². The highest BCUT2D eigenvalue weighted by Crippen LogP contribution is 2.24. The fraction of sp³-hybridized carbons (Fsp3) is 0. The number of benzene rings is 2. The van der Waals surface area contributed by atoms with E-state index >= 15 is 0 Å². The number of rotatable bonds is 4. The zero-order chi connectivity index (χ0) is 16.9. The van der Waals surface area contributed by atoms with E-state index in [2.05, 4.69) is 10.3 Å². The normalized spacial score (nSPS) is 10.2. The summed E-state index contributed by atoms with van der Waals surface area (Å²) in [6.07, 6.45) is 1.46. The maximum atomic E-state index is 13.2. The zero-order valence-electron chi connectivity index (χ0n) is 12.4. The fourth-order valence-electron chi connectivity index (χ4n) is 2.02. The van der Waals surface area contributed by atoms with Crippen LogP contribution in [0.4, 0.5) is 14.5 Å². The van der Waals surface area contributed by atoms with E-state index in [0.717, 1.165) is 0 Å². The van der Waals surface area contributed by atoms with Gasteiger partial charge in [-0.1, -0.05) is 6.07 Å². The van der Waals surface area contributed by atoms with Gasteiger partial charge < -0.3 is 10.1 Å². The second-order valence-electron chi connectivity index (χ2n) is 4.88. The van der Waals surface area contributed by atoms with Crippen LogP contribution in [0.5, 0.6) is 11.6 Å². The second kappa shape index (κ2) is 6.87. The third-order valence-corrected chi connectivity index (χ3v) is 3.13. The average Bonchev–Trinajstić information content (AvgIpc) is 2.57. The van der Waals surface area contributed by atoms with Crippen molar-refractivity contribution in [3.8, 4) is 11.6 Å². The van der Waals surface area contributed by atoms with Gasteiger partial charge in [0.1, 0.15) is 22.9 Å². The van der Waals surface area contributed by atoms with Gasteiger partial charge in [0.2, 0.25) is 5.88 Å². The van der Waals surface area contributed by atoms with Crippen LogP contribution < -0.4 is 10.1 Å². The number of hydrogen-bond donors (Lipinski definition) is 1. The van der Waals surface area contributed by atoms with Gasteiger partial charge in [-0.3, -0.25) is 4.79 Å². The van der Waals surface area contributed by atoms with Crippen molar-refractivity contribution in [1.29, 1.82) is 0 Å². The van der Waals surface area contributed by atoms with E-state index < -0.39 is 17.5 Å². The smallest absolute Gasteiger partial charge is 0.261 e. The topological polar surface area (TPSA) is 51.2 Å². The Bertz CT molecular complexity index is 867. The lowest BCUT2D eigenvalue weighted by atomic mass is 10.2. The molecular formula is C18H12F2N2O2. The Hall–Kier alpha value is -3.28. The molecule has 0 saturated carbocycles. The van der Waals surface area contributed by atoms with E-state index in [1.165, 1.54) is 54.7 Å². The minimum Gasteiger partial charge on any atom is -0.438 e. The molecule has 6 heteroatoms. The Morgan fingerprint density at radius 1 is 0.958 bits per heavy atom. The van der Waals surface area contributed by atoms with Crippen LogP contribution in [0.15, 0.2) is 66.9 Å². The van der Waals surface area contributed by atoms with Crippen molar-refractivity contribution in [3.63, 3.8) is 0 Å². The molecule has 0 aliphatic rings. The Balaban J connectivity index is 1.83. The van der Waals surface area contributed by atoms with Gasteiger partial charge in [0.25, 0.3) is 5.91 Å². The summed E-state index contributed by atoms with van der Waals surface area (Å²) in [5, 5.41) is 2.62. The number of amides is 1. The van der Waals surface area contributed by atoms with Crippen molar-refractivity contribution in [2.75, 3.05) is 5.32 Å². The molecule has 2 aromatic carbocycles. The molecule has 0 aliphatic carbocycles. The predicted molar refractivity (Wildman–Crippen MR) is 85.1 cm³/mol. The van der Waals surface area contributed by atoms with Gasteiger partial charge >= 0.3 is 0 Å². The number of halogens is 2. The monoisotopic (exact) mass is 326 g/mol. The molecule has 4 nitrogen and oxygen atoms in total. The molecule has 0 bridgehead atoms. The lowest BCUT2D eigenvalue weighted by Crippen LogP contribution is -2.13. The molecule has 0 fully saturated rings. The summed E-state index contributed by atoms with van der Waals surface area (Å²) in [4.78, 5) is 16.4. The molecule has 1 N–H and O–H groups in total. The highest BCUT2D eigenvalue weighted by Gasteiger charge is 2.15. The zero-order valence-corrected chi connectivity index (χ0v) is 12.4. The summed E-state index contributed by atoms with van der Waals surface area (Å²) in [6, 6.07) is 14.0. The Morgan fingerprint density at radius 3 is 2.50 bits per heavy atom. The van der Waals surface area contributed by atoms with Gasteiger partial charge in [-0.15, -0.1) is 0 Å². The maximum absolute atomic E-state index is 13.2. The van der Waals surface area contributed by atoms with Crippen LogP contribution in [0.25, 0.3) is 0 Å². The molecule has 24 heavy (non-hydrogen) atoms. The van der Waals surface area contributed by atoms with E-state index in [4.69, 9.17) is 4.74 Å². The van der Waals surface area contributed by atoms with Gasteiger partial charge in [0, 0.05) is 18.0 Å². The molecule has 0 spiro atoms. The van der Waals surface area contributed by atoms with Crippen LogP contribution in [0, 0.1) is 11.6 Å². The summed E-state index contributed by atoms with van der Waals surface area (Å²) in [6.45, 7) is 0. The lowest BCUT2D eigenvalue weighted by Gasteiger charge is -2.10. The standard InChI is InChI=1S/C18H12F2N2O2/c19-12-6-8-14(9-7-12)22-17(23)16-5-2-10-21-18(16)24-15-4-1-3-13(20)11-15/h1-11H,(H,22,23). The summed E-state index contributed by atoms with van der Waals surface area (Å²) in [5.74, 6) is -1.06. The van der Waals surface area contributed by atoms with Crippen molar-refractivity contribution in [2.24, 2.45) is 0 Å². The van der Waals surface area contributed by atoms with Crippen LogP contribution in [-0.2, 0) is 0 Å². The first-order valence-electron chi connectivity index (χ1n) is 7.07. The number of nitrogens with zero attached hydrogens (tertiary/aromatic N) is 1. The first kappa shape index (κ1) is 15.6. The number of ether oxygens (including phenoxy) is 1. The number of nitrogens with one attached hydrogen (secondary N) is 1. The van der Waals surface area contributed by atoms with Crippen LogP contribution >= 0.6 is 0 Å². The number of pyridine rings is 1. The van der Waals surface area contributed by atoms with E-state index in [1.54, 1.807) is 12.1 Å². The van der Waals surface area contributed by atoms with E-state index in [-0.39, 0.29) is 17.2 Å². The fourth-order valence-corrected chi connectivity index (χ4v) is 2.02. The quantitative estimate of drug-likeness (QED) is 0.773. The van der Waals surface area contributed by atoms with Crippen molar-refractivity contribution < 1.29 is 18.3 Å². The number of anilines is 1. The Morgan fingerprint density at radius 2 is 1.75 bits per heavy atom. The third-order valence-electron chi connectivity index (χ3n) is 3.13. The van der Waals surface area contributed by atoms with E-state index in [0.29, 0.717) is 5.69 Å². The van der Waals surface area contributed by atoms with Crippen molar-refractivity contribution in [1.82, 2.24) is 4.98 Å². The van der Waals surface area contributed by atoms with Crippen LogP contribution in [-0.4, -0.2) is 10.9 Å². The number of hydrogen-bond acceptors (Lipinski definition) is 3. The first-order chi connectivity index (χ1) is 11.6. The summed E-state index contributed by atoms with van der Waals surface area (Å²) < 4.78 is 31.6. The maximum Gasteiger partial charge on any atom is 0.261 e. The Labute approximate surface area is 136 Å². The lowest BCUT2D eigenvalue weighted by molar-refractivity contribution is 0.102. The molecule has 3 rings (SSSR count). The number of aromatic nitrogens is 1. The minimum atomic E-state index is -0.471. The molecule has 0 saturated heterocycles. The molecule has 0 aliphatic heterocycles. The van der Waals surface area contributed by atoms with E-state index in [1.807, 2.05) is 0 Å². The van der Waals surface area contributed by atoms with Crippen LogP contribution in [0.3, 0.4) is 0 Å². The summed E-state index contributed by atoms with van der Waals surface area (Å²) in [5.41, 5.74) is 0.605. The molecule has 120 valence electrons. The first-order valence-corrected chi connectivity index (χ1v) is 7.07. The van der Waals surface area contributed by atoms with Crippen LogP contribution in [0.2, 0.25) is 0 Å². The molecule has 0 unspecified atom stereocenters. The Kier molecular flexibility index (Phi) is 4.47. The van der Waals surface area contributed by atoms with E-state index in [9.17, 15) is 13.6 Å².